The highest BCUT2D eigenvalue weighted by Gasteiger charge is 2.54. The fourth-order valence-corrected chi connectivity index (χ4v) is 3.49. The molecule has 2 aliphatic rings. The number of nitrogens with one attached hydrogen (secondary N) is 1. The summed E-state index contributed by atoms with van der Waals surface area (Å²) in [5, 5.41) is 22.9. The van der Waals surface area contributed by atoms with Gasteiger partial charge >= 0.3 is 0 Å². The van der Waals surface area contributed by atoms with E-state index in [9.17, 15) is 10.2 Å². The van der Waals surface area contributed by atoms with Crippen LogP contribution in [-0.2, 0) is 0 Å². The summed E-state index contributed by atoms with van der Waals surface area (Å²) in [4.78, 5) is 0. The predicted octanol–water partition coefficient (Wildman–Crippen LogP) is -0.174. The Kier molecular flexibility index (Phi) is 2.57. The average Bonchev–Trinajstić information content (AvgIpc) is 2.04. The molecule has 2 fully saturated rings. The van der Waals surface area contributed by atoms with E-state index in [4.69, 9.17) is 0 Å². The minimum absolute atomic E-state index is 0.108. The van der Waals surface area contributed by atoms with Crippen LogP contribution in [-0.4, -0.2) is 47.0 Å². The fourth-order valence-electron chi connectivity index (χ4n) is 2.21. The van der Waals surface area contributed by atoms with Crippen molar-refractivity contribution in [2.45, 2.75) is 18.4 Å². The molecule has 0 bridgehead atoms. The molecule has 4 heteroatoms. The van der Waals surface area contributed by atoms with Gasteiger partial charge in [-0.3, -0.25) is 0 Å². The summed E-state index contributed by atoms with van der Waals surface area (Å²) in [6, 6.07) is 0. The topological polar surface area (TPSA) is 52.5 Å². The summed E-state index contributed by atoms with van der Waals surface area (Å²) in [7, 11) is 0. The van der Waals surface area contributed by atoms with Gasteiger partial charge in [-0.15, -0.1) is 0 Å². The molecule has 0 aromatic rings. The fraction of sp³-hybridized carbons (Fsp3) is 1.00. The Bertz CT molecular complexity index is 183. The summed E-state index contributed by atoms with van der Waals surface area (Å²) in [6.07, 6.45) is 1.92. The zero-order valence-corrected chi connectivity index (χ0v) is 8.57. The van der Waals surface area contributed by atoms with Crippen LogP contribution in [0.3, 0.4) is 0 Å². The molecule has 1 unspecified atom stereocenters. The molecule has 1 atom stereocenters. The second-order valence-electron chi connectivity index (χ2n) is 4.23. The standard InChI is InChI=1S/C9H17NO2S/c11-6-8(4-10-5-8)9(12)2-1-3-13-7-9/h10-12H,1-7H2. The van der Waals surface area contributed by atoms with Crippen molar-refractivity contribution in [3.63, 3.8) is 0 Å². The van der Waals surface area contributed by atoms with Crippen molar-refractivity contribution >= 4 is 11.8 Å². The van der Waals surface area contributed by atoms with E-state index in [2.05, 4.69) is 5.32 Å². The van der Waals surface area contributed by atoms with E-state index < -0.39 is 5.60 Å². The highest BCUT2D eigenvalue weighted by atomic mass is 32.2. The lowest BCUT2D eigenvalue weighted by Crippen LogP contribution is -2.69. The van der Waals surface area contributed by atoms with Crippen molar-refractivity contribution in [3.8, 4) is 0 Å². The van der Waals surface area contributed by atoms with Gasteiger partial charge in [-0.05, 0) is 18.6 Å². The highest BCUT2D eigenvalue weighted by Crippen LogP contribution is 2.43. The zero-order chi connectivity index (χ0) is 9.36. The zero-order valence-electron chi connectivity index (χ0n) is 7.75. The van der Waals surface area contributed by atoms with Gasteiger partial charge in [0.05, 0.1) is 12.2 Å². The molecule has 3 nitrogen and oxygen atoms in total. The summed E-state index contributed by atoms with van der Waals surface area (Å²) in [6.45, 7) is 1.64. The molecule has 0 aromatic heterocycles. The number of thioether (sulfide) groups is 1. The van der Waals surface area contributed by atoms with Gasteiger partial charge < -0.3 is 15.5 Å². The molecule has 0 aromatic carbocycles. The normalized spacial score (nSPS) is 38.3. The van der Waals surface area contributed by atoms with E-state index >= 15 is 0 Å². The first-order valence-electron chi connectivity index (χ1n) is 4.84. The SMILES string of the molecule is OCC1(C2(O)CCCSC2)CNC1. The monoisotopic (exact) mass is 203 g/mol. The number of hydrogen-bond donors (Lipinski definition) is 3. The van der Waals surface area contributed by atoms with Gasteiger partial charge in [-0.25, -0.2) is 0 Å². The molecule has 76 valence electrons. The van der Waals surface area contributed by atoms with E-state index in [1.807, 2.05) is 0 Å². The summed E-state index contributed by atoms with van der Waals surface area (Å²) in [5.74, 6) is 1.94. The molecule has 3 N–H and O–H groups in total. The lowest BCUT2D eigenvalue weighted by molar-refractivity contribution is -0.126. The van der Waals surface area contributed by atoms with Gasteiger partial charge in [-0.1, -0.05) is 0 Å². The lowest BCUT2D eigenvalue weighted by Gasteiger charge is -2.53. The third kappa shape index (κ3) is 1.40. The number of aliphatic hydroxyl groups is 2. The van der Waals surface area contributed by atoms with Gasteiger partial charge in [-0.2, -0.15) is 11.8 Å². The Morgan fingerprint density at radius 1 is 1.38 bits per heavy atom. The minimum atomic E-state index is -0.629. The Balaban J connectivity index is 2.10. The second kappa shape index (κ2) is 3.42. The molecule has 2 rings (SSSR count). The minimum Gasteiger partial charge on any atom is -0.396 e. The maximum atomic E-state index is 10.4. The van der Waals surface area contributed by atoms with Crippen molar-refractivity contribution in [1.82, 2.24) is 5.32 Å². The summed E-state index contributed by atoms with van der Waals surface area (Å²) >= 11 is 1.80. The molecule has 13 heavy (non-hydrogen) atoms. The van der Waals surface area contributed by atoms with E-state index in [1.165, 1.54) is 0 Å². The Morgan fingerprint density at radius 2 is 2.15 bits per heavy atom. The van der Waals surface area contributed by atoms with Crippen LogP contribution in [0.15, 0.2) is 0 Å². The third-order valence-electron chi connectivity index (χ3n) is 3.44. The smallest absolute Gasteiger partial charge is 0.0840 e. The van der Waals surface area contributed by atoms with Crippen LogP contribution in [0.25, 0.3) is 0 Å². The van der Waals surface area contributed by atoms with Crippen molar-refractivity contribution in [1.29, 1.82) is 0 Å². The molecule has 0 saturated carbocycles. The first-order chi connectivity index (χ1) is 6.22. The van der Waals surface area contributed by atoms with Crippen LogP contribution < -0.4 is 5.32 Å². The van der Waals surface area contributed by atoms with E-state index in [0.29, 0.717) is 0 Å². The lowest BCUT2D eigenvalue weighted by atomic mass is 9.66. The van der Waals surface area contributed by atoms with Crippen molar-refractivity contribution in [2.24, 2.45) is 5.41 Å². The third-order valence-corrected chi connectivity index (χ3v) is 4.70. The average molecular weight is 203 g/mol. The van der Waals surface area contributed by atoms with Crippen LogP contribution in [0.5, 0.6) is 0 Å². The largest absolute Gasteiger partial charge is 0.396 e. The van der Waals surface area contributed by atoms with Gasteiger partial charge in [0.25, 0.3) is 0 Å². The van der Waals surface area contributed by atoms with Gasteiger partial charge in [0, 0.05) is 24.3 Å². The number of aliphatic hydroxyl groups excluding tert-OH is 1. The van der Waals surface area contributed by atoms with Gasteiger partial charge in [0.15, 0.2) is 0 Å². The molecular formula is C9H17NO2S. The first kappa shape index (κ1) is 9.77. The molecule has 2 aliphatic heterocycles. The van der Waals surface area contributed by atoms with Crippen LogP contribution in [0, 0.1) is 5.41 Å². The molecule has 2 heterocycles. The number of rotatable bonds is 2. The van der Waals surface area contributed by atoms with Crippen molar-refractivity contribution in [3.05, 3.63) is 0 Å². The van der Waals surface area contributed by atoms with E-state index in [-0.39, 0.29) is 12.0 Å². The quantitative estimate of drug-likeness (QED) is 0.583. The molecular weight excluding hydrogens is 186 g/mol. The van der Waals surface area contributed by atoms with Crippen LogP contribution >= 0.6 is 11.8 Å². The molecule has 0 amide bonds. The highest BCUT2D eigenvalue weighted by molar-refractivity contribution is 7.99. The first-order valence-corrected chi connectivity index (χ1v) is 6.00. The summed E-state index contributed by atoms with van der Waals surface area (Å²) < 4.78 is 0. The van der Waals surface area contributed by atoms with Crippen LogP contribution in [0.1, 0.15) is 12.8 Å². The van der Waals surface area contributed by atoms with E-state index in [0.717, 1.165) is 37.4 Å². The second-order valence-corrected chi connectivity index (χ2v) is 5.33. The molecule has 0 spiro atoms. The molecule has 0 aliphatic carbocycles. The molecule has 2 saturated heterocycles. The van der Waals surface area contributed by atoms with Crippen LogP contribution in [0.4, 0.5) is 0 Å². The van der Waals surface area contributed by atoms with E-state index in [1.54, 1.807) is 11.8 Å². The predicted molar refractivity (Wildman–Crippen MR) is 53.9 cm³/mol. The Morgan fingerprint density at radius 3 is 2.54 bits per heavy atom. The van der Waals surface area contributed by atoms with Gasteiger partial charge in [0.1, 0.15) is 0 Å². The van der Waals surface area contributed by atoms with Crippen molar-refractivity contribution < 1.29 is 10.2 Å². The number of hydrogen-bond acceptors (Lipinski definition) is 4. The van der Waals surface area contributed by atoms with Gasteiger partial charge in [0.2, 0.25) is 0 Å². The van der Waals surface area contributed by atoms with Crippen molar-refractivity contribution in [2.75, 3.05) is 31.2 Å². The Labute approximate surface area is 82.9 Å². The summed E-state index contributed by atoms with van der Waals surface area (Å²) in [5.41, 5.74) is -0.879. The van der Waals surface area contributed by atoms with Crippen LogP contribution in [0.2, 0.25) is 0 Å². The maximum Gasteiger partial charge on any atom is 0.0840 e. The molecule has 0 radical (unpaired) electrons. The Hall–Kier alpha value is 0.230. The maximum absolute atomic E-state index is 10.4.